The van der Waals surface area contributed by atoms with E-state index in [1.165, 1.54) is 0 Å². The number of nitrogens with zero attached hydrogens (tertiary/aromatic N) is 1. The number of benzene rings is 1. The average Bonchev–Trinajstić information content (AvgIpc) is 2.34. The van der Waals surface area contributed by atoms with E-state index in [9.17, 15) is 0 Å². The first-order valence-electron chi connectivity index (χ1n) is 5.03. The molecule has 4 N–H and O–H groups in total. The van der Waals surface area contributed by atoms with Crippen LogP contribution in [0.1, 0.15) is 5.56 Å². The molecule has 5 nitrogen and oxygen atoms in total. The van der Waals surface area contributed by atoms with Crippen LogP contribution in [0.15, 0.2) is 18.2 Å². The summed E-state index contributed by atoms with van der Waals surface area (Å²) in [6.45, 7) is 1.30. The van der Waals surface area contributed by atoms with Gasteiger partial charge in [0.15, 0.2) is 0 Å². The van der Waals surface area contributed by atoms with Crippen LogP contribution in [-0.2, 0) is 0 Å². The van der Waals surface area contributed by atoms with Crippen LogP contribution in [0.3, 0.4) is 0 Å². The van der Waals surface area contributed by atoms with Crippen molar-refractivity contribution >= 4 is 5.69 Å². The number of rotatable bonds is 6. The summed E-state index contributed by atoms with van der Waals surface area (Å²) >= 11 is 0. The minimum absolute atomic E-state index is 0.0466. The quantitative estimate of drug-likeness (QED) is 0.642. The second-order valence-corrected chi connectivity index (χ2v) is 3.11. The normalized spacial score (nSPS) is 9.56. The van der Waals surface area contributed by atoms with E-state index in [4.69, 9.17) is 20.8 Å². The Bertz CT molecular complexity index is 374. The topological polar surface area (TPSA) is 91.3 Å². The Balaban J connectivity index is 2.77. The fourth-order valence-corrected chi connectivity index (χ4v) is 1.23. The van der Waals surface area contributed by atoms with Crippen molar-refractivity contribution in [2.24, 2.45) is 5.73 Å². The van der Waals surface area contributed by atoms with Gasteiger partial charge in [0.2, 0.25) is 0 Å². The molecule has 0 fully saturated rings. The van der Waals surface area contributed by atoms with Gasteiger partial charge in [-0.05, 0) is 18.2 Å². The number of hydrogen-bond donors (Lipinski definition) is 3. The summed E-state index contributed by atoms with van der Waals surface area (Å²) in [5.74, 6) is 0.573. The summed E-state index contributed by atoms with van der Waals surface area (Å²) < 4.78 is 5.20. The van der Waals surface area contributed by atoms with Crippen molar-refractivity contribution in [1.29, 1.82) is 5.26 Å². The molecule has 86 valence electrons. The van der Waals surface area contributed by atoms with Crippen LogP contribution < -0.4 is 15.8 Å². The lowest BCUT2D eigenvalue weighted by Crippen LogP contribution is -2.13. The zero-order valence-corrected chi connectivity index (χ0v) is 8.94. The summed E-state index contributed by atoms with van der Waals surface area (Å²) in [7, 11) is 0. The first-order valence-corrected chi connectivity index (χ1v) is 5.03. The number of aliphatic hydroxyl groups is 1. The first-order chi connectivity index (χ1) is 7.81. The predicted octanol–water partition coefficient (Wildman–Crippen LogP) is 0.300. The van der Waals surface area contributed by atoms with Crippen LogP contribution in [0.4, 0.5) is 5.69 Å². The fraction of sp³-hybridized carbons (Fsp3) is 0.364. The molecule has 0 radical (unpaired) electrons. The van der Waals surface area contributed by atoms with Crippen molar-refractivity contribution < 1.29 is 9.84 Å². The van der Waals surface area contributed by atoms with Crippen molar-refractivity contribution in [2.45, 2.75) is 0 Å². The van der Waals surface area contributed by atoms with E-state index in [2.05, 4.69) is 11.4 Å². The van der Waals surface area contributed by atoms with E-state index in [1.807, 2.05) is 0 Å². The van der Waals surface area contributed by atoms with Crippen LogP contribution in [0.2, 0.25) is 0 Å². The summed E-state index contributed by atoms with van der Waals surface area (Å²) in [6, 6.07) is 7.22. The average molecular weight is 221 g/mol. The van der Waals surface area contributed by atoms with Crippen LogP contribution in [-0.4, -0.2) is 31.4 Å². The third-order valence-electron chi connectivity index (χ3n) is 1.93. The number of anilines is 1. The lowest BCUT2D eigenvalue weighted by molar-refractivity contribution is 0.201. The molecule has 0 aliphatic rings. The SMILES string of the molecule is N#Cc1cc(OCCO)ccc1NCCN. The summed E-state index contributed by atoms with van der Waals surface area (Å²) in [5.41, 5.74) is 6.61. The van der Waals surface area contributed by atoms with E-state index in [1.54, 1.807) is 18.2 Å². The fourth-order valence-electron chi connectivity index (χ4n) is 1.23. The molecule has 0 aliphatic carbocycles. The smallest absolute Gasteiger partial charge is 0.120 e. The Hall–Kier alpha value is -1.77. The van der Waals surface area contributed by atoms with Crippen molar-refractivity contribution in [3.63, 3.8) is 0 Å². The van der Waals surface area contributed by atoms with E-state index in [0.717, 1.165) is 5.69 Å². The van der Waals surface area contributed by atoms with E-state index >= 15 is 0 Å². The standard InChI is InChI=1S/C11H15N3O2/c12-3-4-14-11-2-1-10(16-6-5-15)7-9(11)8-13/h1-2,7,14-15H,3-6,12H2. The highest BCUT2D eigenvalue weighted by molar-refractivity contribution is 5.59. The van der Waals surface area contributed by atoms with Gasteiger partial charge < -0.3 is 20.9 Å². The molecule has 1 aromatic rings. The minimum Gasteiger partial charge on any atom is -0.491 e. The monoisotopic (exact) mass is 221 g/mol. The zero-order valence-electron chi connectivity index (χ0n) is 8.94. The predicted molar refractivity (Wildman–Crippen MR) is 61.3 cm³/mol. The lowest BCUT2D eigenvalue weighted by atomic mass is 10.2. The first kappa shape index (κ1) is 12.3. The number of nitrogens with one attached hydrogen (secondary N) is 1. The van der Waals surface area contributed by atoms with Crippen molar-refractivity contribution in [1.82, 2.24) is 0 Å². The maximum Gasteiger partial charge on any atom is 0.120 e. The second kappa shape index (κ2) is 6.67. The molecular formula is C11H15N3O2. The molecule has 0 spiro atoms. The van der Waals surface area contributed by atoms with Gasteiger partial charge in [0.25, 0.3) is 0 Å². The molecule has 16 heavy (non-hydrogen) atoms. The summed E-state index contributed by atoms with van der Waals surface area (Å²) in [6.07, 6.45) is 0. The van der Waals surface area contributed by atoms with Gasteiger partial charge in [0, 0.05) is 13.1 Å². The minimum atomic E-state index is -0.0466. The summed E-state index contributed by atoms with van der Waals surface area (Å²) in [4.78, 5) is 0. The molecule has 0 atom stereocenters. The molecule has 0 aromatic heterocycles. The molecule has 1 rings (SSSR count). The Morgan fingerprint density at radius 1 is 1.50 bits per heavy atom. The molecule has 0 amide bonds. The number of hydrogen-bond acceptors (Lipinski definition) is 5. The number of nitriles is 1. The third kappa shape index (κ3) is 3.42. The highest BCUT2D eigenvalue weighted by Gasteiger charge is 2.03. The van der Waals surface area contributed by atoms with Gasteiger partial charge in [-0.15, -0.1) is 0 Å². The van der Waals surface area contributed by atoms with Crippen LogP contribution in [0.5, 0.6) is 5.75 Å². The van der Waals surface area contributed by atoms with Gasteiger partial charge in [-0.1, -0.05) is 0 Å². The van der Waals surface area contributed by atoms with Gasteiger partial charge in [0.05, 0.1) is 17.9 Å². The Kier molecular flexibility index (Phi) is 5.12. The van der Waals surface area contributed by atoms with Crippen LogP contribution >= 0.6 is 0 Å². The Morgan fingerprint density at radius 2 is 2.31 bits per heavy atom. The summed E-state index contributed by atoms with van der Waals surface area (Å²) in [5, 5.41) is 20.6. The van der Waals surface area contributed by atoms with Crippen LogP contribution in [0.25, 0.3) is 0 Å². The second-order valence-electron chi connectivity index (χ2n) is 3.11. The van der Waals surface area contributed by atoms with E-state index in [-0.39, 0.29) is 13.2 Å². The molecule has 1 aromatic carbocycles. The largest absolute Gasteiger partial charge is 0.491 e. The van der Waals surface area contributed by atoms with Gasteiger partial charge in [-0.25, -0.2) is 0 Å². The van der Waals surface area contributed by atoms with E-state index < -0.39 is 0 Å². The number of aliphatic hydroxyl groups excluding tert-OH is 1. The molecule has 0 bridgehead atoms. The van der Waals surface area contributed by atoms with Crippen LogP contribution in [0, 0.1) is 11.3 Å². The van der Waals surface area contributed by atoms with Gasteiger partial charge in [0.1, 0.15) is 18.4 Å². The Labute approximate surface area is 94.4 Å². The zero-order chi connectivity index (χ0) is 11.8. The maximum atomic E-state index is 8.94. The molecular weight excluding hydrogens is 206 g/mol. The van der Waals surface area contributed by atoms with Crippen molar-refractivity contribution in [3.05, 3.63) is 23.8 Å². The third-order valence-corrected chi connectivity index (χ3v) is 1.93. The van der Waals surface area contributed by atoms with Gasteiger partial charge in [-0.3, -0.25) is 0 Å². The number of ether oxygens (including phenoxy) is 1. The molecule has 5 heteroatoms. The lowest BCUT2D eigenvalue weighted by Gasteiger charge is -2.09. The molecule has 0 saturated carbocycles. The Morgan fingerprint density at radius 3 is 2.94 bits per heavy atom. The molecule has 0 saturated heterocycles. The molecule has 0 aliphatic heterocycles. The van der Waals surface area contributed by atoms with Gasteiger partial charge in [-0.2, -0.15) is 5.26 Å². The number of nitrogens with two attached hydrogens (primary N) is 1. The van der Waals surface area contributed by atoms with Crippen molar-refractivity contribution in [2.75, 3.05) is 31.6 Å². The highest BCUT2D eigenvalue weighted by atomic mass is 16.5. The van der Waals surface area contributed by atoms with E-state index in [0.29, 0.717) is 24.4 Å². The van der Waals surface area contributed by atoms with Crippen molar-refractivity contribution in [3.8, 4) is 11.8 Å². The molecule has 0 unspecified atom stereocenters. The highest BCUT2D eigenvalue weighted by Crippen LogP contribution is 2.21. The van der Waals surface area contributed by atoms with Gasteiger partial charge >= 0.3 is 0 Å². The maximum absolute atomic E-state index is 8.94. The molecule has 0 heterocycles.